The highest BCUT2D eigenvalue weighted by molar-refractivity contribution is 6.30. The quantitative estimate of drug-likeness (QED) is 0.839. The van der Waals surface area contributed by atoms with Gasteiger partial charge in [-0.15, -0.1) is 0 Å². The lowest BCUT2D eigenvalue weighted by molar-refractivity contribution is -0.0179. The van der Waals surface area contributed by atoms with Crippen LogP contribution >= 0.6 is 11.6 Å². The van der Waals surface area contributed by atoms with E-state index in [0.29, 0.717) is 5.02 Å². The zero-order chi connectivity index (χ0) is 11.3. The number of benzene rings is 1. The lowest BCUT2D eigenvalue weighted by atomic mass is 10.0. The first kappa shape index (κ1) is 12.5. The second kappa shape index (κ2) is 6.11. The molecular formula is C12H17ClO2. The minimum atomic E-state index is -0.577. The van der Waals surface area contributed by atoms with Crippen molar-refractivity contribution in [1.29, 1.82) is 0 Å². The van der Waals surface area contributed by atoms with E-state index in [1.807, 2.05) is 12.1 Å². The summed E-state index contributed by atoms with van der Waals surface area (Å²) in [5.74, 6) is 0. The lowest BCUT2D eigenvalue weighted by Gasteiger charge is -2.21. The highest BCUT2D eigenvalue weighted by Crippen LogP contribution is 2.23. The lowest BCUT2D eigenvalue weighted by Crippen LogP contribution is -2.20. The van der Waals surface area contributed by atoms with E-state index in [-0.39, 0.29) is 6.10 Å². The van der Waals surface area contributed by atoms with Crippen molar-refractivity contribution in [3.8, 4) is 0 Å². The molecule has 0 saturated carbocycles. The summed E-state index contributed by atoms with van der Waals surface area (Å²) in [5.41, 5.74) is 0.847. The monoisotopic (exact) mass is 228 g/mol. The molecule has 0 spiro atoms. The van der Waals surface area contributed by atoms with Crippen LogP contribution < -0.4 is 0 Å². The number of methoxy groups -OCH3 is 1. The Bertz CT molecular complexity index is 284. The van der Waals surface area contributed by atoms with Gasteiger partial charge in [-0.2, -0.15) is 0 Å². The maximum Gasteiger partial charge on any atom is 0.105 e. The zero-order valence-electron chi connectivity index (χ0n) is 9.11. The third-order valence-corrected chi connectivity index (χ3v) is 2.69. The molecule has 2 atom stereocenters. The molecular weight excluding hydrogens is 212 g/mol. The number of halogens is 1. The van der Waals surface area contributed by atoms with E-state index in [2.05, 4.69) is 6.92 Å². The Labute approximate surface area is 95.8 Å². The van der Waals surface area contributed by atoms with E-state index in [9.17, 15) is 5.11 Å². The maximum absolute atomic E-state index is 10.0. The molecule has 15 heavy (non-hydrogen) atoms. The molecule has 1 N–H and O–H groups in total. The molecule has 0 amide bonds. The highest BCUT2D eigenvalue weighted by Gasteiger charge is 2.19. The van der Waals surface area contributed by atoms with Gasteiger partial charge in [0.2, 0.25) is 0 Å². The zero-order valence-corrected chi connectivity index (χ0v) is 9.87. The van der Waals surface area contributed by atoms with E-state index in [1.54, 1.807) is 19.2 Å². The smallest absolute Gasteiger partial charge is 0.105 e. The van der Waals surface area contributed by atoms with Gasteiger partial charge in [0.15, 0.2) is 0 Å². The Hall–Kier alpha value is -0.570. The second-order valence-corrected chi connectivity index (χ2v) is 4.00. The highest BCUT2D eigenvalue weighted by atomic mass is 35.5. The van der Waals surface area contributed by atoms with E-state index in [1.165, 1.54) is 0 Å². The van der Waals surface area contributed by atoms with Crippen LogP contribution in [0.25, 0.3) is 0 Å². The molecule has 0 bridgehead atoms. The standard InChI is InChI=1S/C12H17ClO2/c1-3-4-11(15-2)12(14)9-5-7-10(13)8-6-9/h5-8,11-12,14H,3-4H2,1-2H3. The van der Waals surface area contributed by atoms with Gasteiger partial charge < -0.3 is 9.84 Å². The van der Waals surface area contributed by atoms with Gasteiger partial charge in [-0.3, -0.25) is 0 Å². The minimum absolute atomic E-state index is 0.142. The summed E-state index contributed by atoms with van der Waals surface area (Å²) in [6.07, 6.45) is 1.12. The molecule has 0 heterocycles. The molecule has 0 aliphatic rings. The Morgan fingerprint density at radius 3 is 2.40 bits per heavy atom. The van der Waals surface area contributed by atoms with Crippen molar-refractivity contribution in [2.45, 2.75) is 32.0 Å². The molecule has 2 unspecified atom stereocenters. The fourth-order valence-electron chi connectivity index (χ4n) is 1.56. The summed E-state index contributed by atoms with van der Waals surface area (Å²) in [7, 11) is 1.62. The summed E-state index contributed by atoms with van der Waals surface area (Å²) in [5, 5.41) is 10.7. The predicted octanol–water partition coefficient (Wildman–Crippen LogP) is 3.19. The van der Waals surface area contributed by atoms with Gasteiger partial charge in [0.05, 0.1) is 6.10 Å². The third-order valence-electron chi connectivity index (χ3n) is 2.44. The van der Waals surface area contributed by atoms with E-state index in [0.717, 1.165) is 18.4 Å². The molecule has 2 nitrogen and oxygen atoms in total. The summed E-state index contributed by atoms with van der Waals surface area (Å²) in [6.45, 7) is 2.07. The van der Waals surface area contributed by atoms with Gasteiger partial charge in [0.25, 0.3) is 0 Å². The maximum atomic E-state index is 10.0. The molecule has 84 valence electrons. The molecule has 0 radical (unpaired) electrons. The van der Waals surface area contributed by atoms with Crippen molar-refractivity contribution in [2.24, 2.45) is 0 Å². The SMILES string of the molecule is CCCC(OC)C(O)c1ccc(Cl)cc1. The van der Waals surface area contributed by atoms with E-state index < -0.39 is 6.10 Å². The summed E-state index contributed by atoms with van der Waals surface area (Å²) in [6, 6.07) is 7.21. The first-order valence-corrected chi connectivity index (χ1v) is 5.53. The van der Waals surface area contributed by atoms with Crippen LogP contribution in [0.1, 0.15) is 31.4 Å². The van der Waals surface area contributed by atoms with Crippen LogP contribution in [0.15, 0.2) is 24.3 Å². The number of hydrogen-bond donors (Lipinski definition) is 1. The van der Waals surface area contributed by atoms with Crippen LogP contribution in [-0.4, -0.2) is 18.3 Å². The van der Waals surface area contributed by atoms with Crippen LogP contribution in [0, 0.1) is 0 Å². The van der Waals surface area contributed by atoms with Crippen LogP contribution in [0.4, 0.5) is 0 Å². The van der Waals surface area contributed by atoms with E-state index in [4.69, 9.17) is 16.3 Å². The fraction of sp³-hybridized carbons (Fsp3) is 0.500. The second-order valence-electron chi connectivity index (χ2n) is 3.56. The molecule has 0 saturated heterocycles. The molecule has 0 aromatic heterocycles. The Kier molecular flexibility index (Phi) is 5.09. The molecule has 3 heteroatoms. The molecule has 1 rings (SSSR count). The Balaban J connectivity index is 2.73. The first-order valence-electron chi connectivity index (χ1n) is 5.15. The van der Waals surface area contributed by atoms with Crippen molar-refractivity contribution >= 4 is 11.6 Å². The molecule has 1 aromatic carbocycles. The number of hydrogen-bond acceptors (Lipinski definition) is 2. The molecule has 0 aliphatic carbocycles. The van der Waals surface area contributed by atoms with Crippen LogP contribution in [-0.2, 0) is 4.74 Å². The van der Waals surface area contributed by atoms with Crippen molar-refractivity contribution in [1.82, 2.24) is 0 Å². The topological polar surface area (TPSA) is 29.5 Å². The van der Waals surface area contributed by atoms with Crippen LogP contribution in [0.5, 0.6) is 0 Å². The summed E-state index contributed by atoms with van der Waals surface area (Å²) in [4.78, 5) is 0. The van der Waals surface area contributed by atoms with Crippen molar-refractivity contribution in [2.75, 3.05) is 7.11 Å². The van der Waals surface area contributed by atoms with Crippen molar-refractivity contribution in [3.05, 3.63) is 34.9 Å². The van der Waals surface area contributed by atoms with Gasteiger partial charge >= 0.3 is 0 Å². The van der Waals surface area contributed by atoms with Crippen molar-refractivity contribution in [3.63, 3.8) is 0 Å². The Morgan fingerprint density at radius 1 is 1.33 bits per heavy atom. The fourth-order valence-corrected chi connectivity index (χ4v) is 1.69. The number of ether oxygens (including phenoxy) is 1. The predicted molar refractivity (Wildman–Crippen MR) is 62.1 cm³/mol. The van der Waals surface area contributed by atoms with Crippen LogP contribution in [0.3, 0.4) is 0 Å². The molecule has 0 fully saturated rings. The normalized spacial score (nSPS) is 14.9. The summed E-state index contributed by atoms with van der Waals surface area (Å²) < 4.78 is 5.25. The first-order chi connectivity index (χ1) is 7.19. The molecule has 0 aliphatic heterocycles. The third kappa shape index (κ3) is 3.49. The van der Waals surface area contributed by atoms with E-state index >= 15 is 0 Å². The minimum Gasteiger partial charge on any atom is -0.386 e. The van der Waals surface area contributed by atoms with Gasteiger partial charge in [-0.1, -0.05) is 37.1 Å². The number of aliphatic hydroxyl groups is 1. The number of aliphatic hydroxyl groups excluding tert-OH is 1. The van der Waals surface area contributed by atoms with Gasteiger partial charge in [0.1, 0.15) is 6.10 Å². The summed E-state index contributed by atoms with van der Waals surface area (Å²) >= 11 is 5.78. The largest absolute Gasteiger partial charge is 0.386 e. The average molecular weight is 229 g/mol. The molecule has 1 aromatic rings. The Morgan fingerprint density at radius 2 is 1.93 bits per heavy atom. The average Bonchev–Trinajstić information content (AvgIpc) is 2.26. The van der Waals surface area contributed by atoms with Gasteiger partial charge in [-0.05, 0) is 24.1 Å². The van der Waals surface area contributed by atoms with Crippen LogP contribution in [0.2, 0.25) is 5.02 Å². The van der Waals surface area contributed by atoms with Gasteiger partial charge in [-0.25, -0.2) is 0 Å². The van der Waals surface area contributed by atoms with Crippen molar-refractivity contribution < 1.29 is 9.84 Å². The van der Waals surface area contributed by atoms with Gasteiger partial charge in [0, 0.05) is 12.1 Å². The number of rotatable bonds is 5.